The zero-order valence-electron chi connectivity index (χ0n) is 13.1. The number of fused-ring (bicyclic) bond motifs is 1. The van der Waals surface area contributed by atoms with Gasteiger partial charge in [-0.1, -0.05) is 44.2 Å². The van der Waals surface area contributed by atoms with Gasteiger partial charge in [-0.2, -0.15) is 0 Å². The predicted octanol–water partition coefficient (Wildman–Crippen LogP) is 2.79. The number of rotatable bonds is 1. The van der Waals surface area contributed by atoms with Gasteiger partial charge in [-0.05, 0) is 24.3 Å². The molecule has 21 heavy (non-hydrogen) atoms. The number of piperidine rings is 1. The molecule has 3 nitrogen and oxygen atoms in total. The van der Waals surface area contributed by atoms with Crippen molar-refractivity contribution in [3.8, 4) is 0 Å². The summed E-state index contributed by atoms with van der Waals surface area (Å²) < 4.78 is 0. The first kappa shape index (κ1) is 14.3. The van der Waals surface area contributed by atoms with Crippen molar-refractivity contribution in [3.05, 3.63) is 35.9 Å². The first-order chi connectivity index (χ1) is 9.90. The van der Waals surface area contributed by atoms with Gasteiger partial charge in [0.25, 0.3) is 0 Å². The maximum Gasteiger partial charge on any atom is 0.233 e. The minimum absolute atomic E-state index is 0.0948. The van der Waals surface area contributed by atoms with Crippen molar-refractivity contribution in [2.24, 2.45) is 11.3 Å². The van der Waals surface area contributed by atoms with Crippen LogP contribution in [0.1, 0.15) is 38.7 Å². The Morgan fingerprint density at radius 2 is 1.81 bits per heavy atom. The number of nitrogens with zero attached hydrogens (tertiary/aromatic N) is 1. The quantitative estimate of drug-likeness (QED) is 0.795. The molecule has 1 aromatic rings. The fourth-order valence-corrected chi connectivity index (χ4v) is 4.45. The van der Waals surface area contributed by atoms with E-state index in [1.54, 1.807) is 0 Å². The summed E-state index contributed by atoms with van der Waals surface area (Å²) in [6, 6.07) is 10.1. The van der Waals surface area contributed by atoms with Crippen molar-refractivity contribution in [2.45, 2.75) is 38.5 Å². The molecule has 1 aromatic carbocycles. The lowest BCUT2D eigenvalue weighted by Crippen LogP contribution is -2.62. The van der Waals surface area contributed by atoms with Gasteiger partial charge in [0, 0.05) is 25.4 Å². The van der Waals surface area contributed by atoms with Crippen LogP contribution >= 0.6 is 0 Å². The number of hydrogen-bond acceptors (Lipinski definition) is 2. The summed E-state index contributed by atoms with van der Waals surface area (Å²) in [4.78, 5) is 27.3. The maximum absolute atomic E-state index is 13.1. The molecule has 1 unspecified atom stereocenters. The van der Waals surface area contributed by atoms with Gasteiger partial charge in [-0.3, -0.25) is 9.59 Å². The second kappa shape index (κ2) is 4.69. The van der Waals surface area contributed by atoms with Gasteiger partial charge in [-0.25, -0.2) is 0 Å². The largest absolute Gasteiger partial charge is 0.345 e. The third-order valence-electron chi connectivity index (χ3n) is 5.70. The normalized spacial score (nSPS) is 32.0. The van der Waals surface area contributed by atoms with Crippen LogP contribution in [0.2, 0.25) is 0 Å². The molecule has 1 amide bonds. The Morgan fingerprint density at radius 1 is 1.14 bits per heavy atom. The SMILES string of the molecule is CN1CC[C@H]2C(C)(C)C(=O)CCC2(c2ccccc2)C1=O. The number of benzene rings is 1. The minimum atomic E-state index is -0.522. The molecule has 1 aliphatic carbocycles. The van der Waals surface area contributed by atoms with Crippen LogP contribution in [0.3, 0.4) is 0 Å². The number of carbonyl (C=O) groups excluding carboxylic acids is 2. The van der Waals surface area contributed by atoms with Gasteiger partial charge in [-0.15, -0.1) is 0 Å². The van der Waals surface area contributed by atoms with E-state index in [-0.39, 0.29) is 11.8 Å². The monoisotopic (exact) mass is 285 g/mol. The van der Waals surface area contributed by atoms with Gasteiger partial charge in [0.15, 0.2) is 0 Å². The number of amides is 1. The van der Waals surface area contributed by atoms with Crippen molar-refractivity contribution < 1.29 is 9.59 Å². The van der Waals surface area contributed by atoms with E-state index in [2.05, 4.69) is 12.1 Å². The number of ketones is 1. The Morgan fingerprint density at radius 3 is 2.48 bits per heavy atom. The third kappa shape index (κ3) is 1.86. The van der Waals surface area contributed by atoms with Gasteiger partial charge in [0.1, 0.15) is 5.78 Å². The van der Waals surface area contributed by atoms with E-state index in [9.17, 15) is 9.59 Å². The average molecular weight is 285 g/mol. The Labute approximate surface area is 126 Å². The van der Waals surface area contributed by atoms with Crippen LogP contribution in [0.25, 0.3) is 0 Å². The molecular weight excluding hydrogens is 262 g/mol. The first-order valence-electron chi connectivity index (χ1n) is 7.75. The molecule has 112 valence electrons. The highest BCUT2D eigenvalue weighted by Crippen LogP contribution is 2.54. The zero-order chi connectivity index (χ0) is 15.3. The van der Waals surface area contributed by atoms with E-state index in [4.69, 9.17) is 0 Å². The van der Waals surface area contributed by atoms with Crippen LogP contribution in [0.4, 0.5) is 0 Å². The van der Waals surface area contributed by atoms with E-state index in [1.807, 2.05) is 44.0 Å². The van der Waals surface area contributed by atoms with E-state index >= 15 is 0 Å². The van der Waals surface area contributed by atoms with Gasteiger partial charge in [0.05, 0.1) is 5.41 Å². The molecule has 2 fully saturated rings. The van der Waals surface area contributed by atoms with Crippen molar-refractivity contribution in [1.29, 1.82) is 0 Å². The number of Topliss-reactive ketones (excluding diaryl/α,β-unsaturated/α-hetero) is 1. The van der Waals surface area contributed by atoms with E-state index in [0.717, 1.165) is 18.5 Å². The fraction of sp³-hybridized carbons (Fsp3) is 0.556. The van der Waals surface area contributed by atoms with Crippen LogP contribution in [0, 0.1) is 11.3 Å². The summed E-state index contributed by atoms with van der Waals surface area (Å²) in [6.45, 7) is 4.79. The number of carbonyl (C=O) groups is 2. The summed E-state index contributed by atoms with van der Waals surface area (Å²) >= 11 is 0. The standard InChI is InChI=1S/C18H23NO2/c1-17(2)14-10-12-19(3)16(21)18(14,11-9-15(17)20)13-7-5-4-6-8-13/h4-8,14H,9-12H2,1-3H3/t14-,18?/m0/s1. The molecule has 1 saturated carbocycles. The molecule has 3 rings (SSSR count). The smallest absolute Gasteiger partial charge is 0.233 e. The molecule has 1 aliphatic heterocycles. The molecule has 0 spiro atoms. The van der Waals surface area contributed by atoms with Crippen molar-refractivity contribution in [2.75, 3.05) is 13.6 Å². The lowest BCUT2D eigenvalue weighted by Gasteiger charge is -2.55. The zero-order valence-corrected chi connectivity index (χ0v) is 13.1. The third-order valence-corrected chi connectivity index (χ3v) is 5.70. The molecule has 2 aliphatic rings. The van der Waals surface area contributed by atoms with E-state index < -0.39 is 10.8 Å². The molecule has 3 heteroatoms. The molecule has 0 radical (unpaired) electrons. The summed E-state index contributed by atoms with van der Waals surface area (Å²) in [6.07, 6.45) is 2.04. The summed E-state index contributed by atoms with van der Waals surface area (Å²) in [5.41, 5.74) is 0.128. The summed E-state index contributed by atoms with van der Waals surface area (Å²) in [5, 5.41) is 0. The molecule has 0 N–H and O–H groups in total. The van der Waals surface area contributed by atoms with Crippen LogP contribution in [0.15, 0.2) is 30.3 Å². The Kier molecular flexibility index (Phi) is 3.19. The maximum atomic E-state index is 13.1. The predicted molar refractivity (Wildman–Crippen MR) is 81.9 cm³/mol. The summed E-state index contributed by atoms with van der Waals surface area (Å²) in [7, 11) is 1.88. The molecular formula is C18H23NO2. The van der Waals surface area contributed by atoms with E-state index in [0.29, 0.717) is 18.6 Å². The molecule has 2 atom stereocenters. The van der Waals surface area contributed by atoms with Gasteiger partial charge < -0.3 is 4.90 Å². The van der Waals surface area contributed by atoms with Crippen molar-refractivity contribution in [1.82, 2.24) is 4.90 Å². The summed E-state index contributed by atoms with van der Waals surface area (Å²) in [5.74, 6) is 0.583. The molecule has 1 saturated heterocycles. The second-order valence-electron chi connectivity index (χ2n) is 7.05. The average Bonchev–Trinajstić information content (AvgIpc) is 2.48. The first-order valence-corrected chi connectivity index (χ1v) is 7.75. The van der Waals surface area contributed by atoms with Crippen LogP contribution in [0.5, 0.6) is 0 Å². The lowest BCUT2D eigenvalue weighted by molar-refractivity contribution is -0.155. The second-order valence-corrected chi connectivity index (χ2v) is 7.05. The Hall–Kier alpha value is -1.64. The highest BCUT2D eigenvalue weighted by molar-refractivity contribution is 5.95. The highest BCUT2D eigenvalue weighted by atomic mass is 16.2. The highest BCUT2D eigenvalue weighted by Gasteiger charge is 2.60. The molecule has 1 heterocycles. The van der Waals surface area contributed by atoms with E-state index in [1.165, 1.54) is 0 Å². The van der Waals surface area contributed by atoms with Crippen LogP contribution in [-0.4, -0.2) is 30.2 Å². The Bertz CT molecular complexity index is 578. The molecule has 0 bridgehead atoms. The van der Waals surface area contributed by atoms with Gasteiger partial charge >= 0.3 is 0 Å². The van der Waals surface area contributed by atoms with Crippen LogP contribution in [-0.2, 0) is 15.0 Å². The number of likely N-dealkylation sites (N-methyl/N-ethyl adjacent to an activating group) is 1. The topological polar surface area (TPSA) is 37.4 Å². The van der Waals surface area contributed by atoms with Crippen molar-refractivity contribution >= 4 is 11.7 Å². The molecule has 0 aromatic heterocycles. The van der Waals surface area contributed by atoms with Crippen molar-refractivity contribution in [3.63, 3.8) is 0 Å². The number of hydrogen-bond donors (Lipinski definition) is 0. The van der Waals surface area contributed by atoms with Crippen LogP contribution < -0.4 is 0 Å². The minimum Gasteiger partial charge on any atom is -0.345 e. The fourth-order valence-electron chi connectivity index (χ4n) is 4.45. The number of likely N-dealkylation sites (tertiary alicyclic amines) is 1. The Balaban J connectivity index is 2.19. The van der Waals surface area contributed by atoms with Gasteiger partial charge in [0.2, 0.25) is 5.91 Å². The lowest BCUT2D eigenvalue weighted by atomic mass is 9.50.